The smallest absolute Gasteiger partial charge is 0.225 e. The number of nitrogens with zero attached hydrogens (tertiary/aromatic N) is 7. The van der Waals surface area contributed by atoms with Gasteiger partial charge in [-0.05, 0) is 37.6 Å². The van der Waals surface area contributed by atoms with Crippen molar-refractivity contribution >= 4 is 23.0 Å². The van der Waals surface area contributed by atoms with Crippen molar-refractivity contribution in [3.8, 4) is 5.82 Å². The fourth-order valence-corrected chi connectivity index (χ4v) is 3.18. The number of carbonyl (C=O) groups is 1. The van der Waals surface area contributed by atoms with Gasteiger partial charge in [-0.2, -0.15) is 19.7 Å². The molecule has 162 valence electrons. The van der Waals surface area contributed by atoms with Crippen LogP contribution in [-0.2, 0) is 11.2 Å². The zero-order valence-corrected chi connectivity index (χ0v) is 17.2. The average molecular weight is 436 g/mol. The Morgan fingerprint density at radius 2 is 1.81 bits per heavy atom. The number of hydrogen-bond donors (Lipinski definition) is 1. The van der Waals surface area contributed by atoms with Crippen molar-refractivity contribution in [2.75, 3.05) is 5.73 Å². The van der Waals surface area contributed by atoms with Crippen LogP contribution in [-0.4, -0.2) is 40.4 Å². The molecule has 0 unspecified atom stereocenters. The van der Waals surface area contributed by atoms with Crippen LogP contribution in [0, 0.1) is 11.6 Å². The SMILES string of the molecule is C/C=C(\C=C/C(C)=O)c1c(-n2nccn2)nc(N)n2nc(Cc3c(F)cccc3F)nc12. The van der Waals surface area contributed by atoms with E-state index in [1.807, 2.05) is 0 Å². The minimum atomic E-state index is -0.699. The number of halogens is 2. The first-order chi connectivity index (χ1) is 15.4. The summed E-state index contributed by atoms with van der Waals surface area (Å²) in [7, 11) is 0. The second kappa shape index (κ2) is 8.46. The Hall–Kier alpha value is -4.28. The van der Waals surface area contributed by atoms with Gasteiger partial charge in [-0.25, -0.2) is 13.8 Å². The van der Waals surface area contributed by atoms with Crippen LogP contribution in [0.1, 0.15) is 30.8 Å². The highest BCUT2D eigenvalue weighted by Crippen LogP contribution is 2.28. The predicted octanol–water partition coefficient (Wildman–Crippen LogP) is 2.70. The molecule has 0 aliphatic carbocycles. The number of fused-ring (bicyclic) bond motifs is 1. The van der Waals surface area contributed by atoms with E-state index < -0.39 is 11.6 Å². The molecule has 0 saturated heterocycles. The normalized spacial score (nSPS) is 12.2. The molecule has 32 heavy (non-hydrogen) atoms. The number of hydrogen-bond acceptors (Lipinski definition) is 7. The van der Waals surface area contributed by atoms with E-state index in [0.29, 0.717) is 11.1 Å². The molecule has 0 saturated carbocycles. The van der Waals surface area contributed by atoms with Crippen LogP contribution in [0.2, 0.25) is 0 Å². The maximum Gasteiger partial charge on any atom is 0.225 e. The first-order valence-electron chi connectivity index (χ1n) is 9.59. The maximum atomic E-state index is 14.1. The molecule has 0 fully saturated rings. The van der Waals surface area contributed by atoms with E-state index in [9.17, 15) is 13.6 Å². The molecule has 3 heterocycles. The largest absolute Gasteiger partial charge is 0.368 e. The molecule has 0 amide bonds. The van der Waals surface area contributed by atoms with E-state index >= 15 is 0 Å². The van der Waals surface area contributed by atoms with Crippen LogP contribution >= 0.6 is 0 Å². The number of aromatic nitrogens is 7. The summed E-state index contributed by atoms with van der Waals surface area (Å²) >= 11 is 0. The third-order valence-corrected chi connectivity index (χ3v) is 4.64. The first kappa shape index (κ1) is 21.0. The van der Waals surface area contributed by atoms with E-state index in [1.165, 1.54) is 52.9 Å². The molecular formula is C21H18F2N8O. The van der Waals surface area contributed by atoms with Crippen LogP contribution < -0.4 is 5.73 Å². The molecule has 0 aliphatic heterocycles. The lowest BCUT2D eigenvalue weighted by atomic mass is 10.1. The molecule has 4 aromatic rings. The molecule has 0 radical (unpaired) electrons. The fraction of sp³-hybridized carbons (Fsp3) is 0.143. The van der Waals surface area contributed by atoms with Gasteiger partial charge in [-0.15, -0.1) is 9.90 Å². The summed E-state index contributed by atoms with van der Waals surface area (Å²) in [6.07, 6.45) is 7.51. The van der Waals surface area contributed by atoms with Crippen LogP contribution in [0.3, 0.4) is 0 Å². The van der Waals surface area contributed by atoms with Crippen LogP contribution in [0.4, 0.5) is 14.7 Å². The average Bonchev–Trinajstić information content (AvgIpc) is 3.42. The first-order valence-corrected chi connectivity index (χ1v) is 9.59. The second-order valence-corrected chi connectivity index (χ2v) is 6.82. The summed E-state index contributed by atoms with van der Waals surface area (Å²) in [6, 6.07) is 3.62. The minimum Gasteiger partial charge on any atom is -0.368 e. The molecule has 1 aromatic carbocycles. The van der Waals surface area contributed by atoms with E-state index in [1.54, 1.807) is 19.1 Å². The van der Waals surface area contributed by atoms with Gasteiger partial charge in [0.25, 0.3) is 0 Å². The number of nitrogens with two attached hydrogens (primary N) is 1. The third-order valence-electron chi connectivity index (χ3n) is 4.64. The van der Waals surface area contributed by atoms with E-state index in [0.717, 1.165) is 0 Å². The van der Waals surface area contributed by atoms with E-state index in [2.05, 4.69) is 25.3 Å². The topological polar surface area (TPSA) is 117 Å². The van der Waals surface area contributed by atoms with Crippen LogP contribution in [0.5, 0.6) is 0 Å². The van der Waals surface area contributed by atoms with Crippen LogP contribution in [0.25, 0.3) is 17.0 Å². The maximum absolute atomic E-state index is 14.1. The molecule has 4 rings (SSSR count). The van der Waals surface area contributed by atoms with Gasteiger partial charge in [0.05, 0.1) is 18.0 Å². The Bertz CT molecular complexity index is 1350. The zero-order valence-electron chi connectivity index (χ0n) is 17.2. The molecule has 3 aromatic heterocycles. The highest BCUT2D eigenvalue weighted by Gasteiger charge is 2.22. The van der Waals surface area contributed by atoms with E-state index in [4.69, 9.17) is 5.73 Å². The number of carbonyl (C=O) groups excluding carboxylic acids is 1. The van der Waals surface area contributed by atoms with Crippen molar-refractivity contribution in [1.29, 1.82) is 0 Å². The van der Waals surface area contributed by atoms with Gasteiger partial charge in [0.2, 0.25) is 5.95 Å². The summed E-state index contributed by atoms with van der Waals surface area (Å²) in [4.78, 5) is 21.6. The lowest BCUT2D eigenvalue weighted by Gasteiger charge is -2.11. The predicted molar refractivity (Wildman–Crippen MR) is 113 cm³/mol. The van der Waals surface area contributed by atoms with Gasteiger partial charge in [0.15, 0.2) is 23.1 Å². The number of benzene rings is 1. The Balaban J connectivity index is 1.95. The highest BCUT2D eigenvalue weighted by atomic mass is 19.1. The Labute approximate surface area is 180 Å². The van der Waals surface area contributed by atoms with Gasteiger partial charge in [-0.3, -0.25) is 4.79 Å². The standard InChI is InChI=1S/C21H18F2N8O/c1-3-13(8-7-12(2)32)18-19-27-17(11-14-15(22)5-4-6-16(14)23)29-30(19)21(24)28-20(18)31-25-9-10-26-31/h3-10H,11H2,1-2H3,(H2,24,28)/b8-7-,13-3+. The summed E-state index contributed by atoms with van der Waals surface area (Å²) in [6.45, 7) is 3.20. The Kier molecular flexibility index (Phi) is 5.54. The fourth-order valence-electron chi connectivity index (χ4n) is 3.18. The quantitative estimate of drug-likeness (QED) is 0.365. The number of ketones is 1. The van der Waals surface area contributed by atoms with Gasteiger partial charge >= 0.3 is 0 Å². The third kappa shape index (κ3) is 3.87. The summed E-state index contributed by atoms with van der Waals surface area (Å²) in [5.74, 6) is -1.17. The molecule has 0 bridgehead atoms. The summed E-state index contributed by atoms with van der Waals surface area (Å²) in [5.41, 5.74) is 7.25. The van der Waals surface area contributed by atoms with Gasteiger partial charge in [0.1, 0.15) is 11.6 Å². The van der Waals surface area contributed by atoms with Crippen molar-refractivity contribution < 1.29 is 13.6 Å². The van der Waals surface area contributed by atoms with E-state index in [-0.39, 0.29) is 41.0 Å². The lowest BCUT2D eigenvalue weighted by molar-refractivity contribution is -0.112. The zero-order chi connectivity index (χ0) is 22.8. The summed E-state index contributed by atoms with van der Waals surface area (Å²) in [5, 5.41) is 12.5. The van der Waals surface area contributed by atoms with Crippen LogP contribution in [0.15, 0.2) is 48.8 Å². The number of rotatable bonds is 6. The van der Waals surface area contributed by atoms with Gasteiger partial charge in [-0.1, -0.05) is 18.2 Å². The molecule has 11 heteroatoms. The monoisotopic (exact) mass is 436 g/mol. The molecule has 0 spiro atoms. The second-order valence-electron chi connectivity index (χ2n) is 6.82. The number of allylic oxidation sites excluding steroid dienone is 4. The molecular weight excluding hydrogens is 418 g/mol. The Morgan fingerprint density at radius 1 is 1.12 bits per heavy atom. The van der Waals surface area contributed by atoms with Crippen molar-refractivity contribution in [1.82, 2.24) is 34.6 Å². The minimum absolute atomic E-state index is 0.0187. The van der Waals surface area contributed by atoms with Crippen molar-refractivity contribution in [2.24, 2.45) is 0 Å². The van der Waals surface area contributed by atoms with Crippen molar-refractivity contribution in [2.45, 2.75) is 20.3 Å². The summed E-state index contributed by atoms with van der Waals surface area (Å²) < 4.78 is 29.6. The molecule has 0 aliphatic rings. The number of anilines is 1. The molecule has 9 nitrogen and oxygen atoms in total. The molecule has 0 atom stereocenters. The number of nitrogen functional groups attached to an aromatic ring is 1. The van der Waals surface area contributed by atoms with Gasteiger partial charge < -0.3 is 5.73 Å². The van der Waals surface area contributed by atoms with Gasteiger partial charge in [0, 0.05) is 12.0 Å². The van der Waals surface area contributed by atoms with Crippen molar-refractivity contribution in [3.05, 3.63) is 77.4 Å². The molecule has 2 N–H and O–H groups in total. The lowest BCUT2D eigenvalue weighted by Crippen LogP contribution is -2.12. The Morgan fingerprint density at radius 3 is 2.44 bits per heavy atom. The highest BCUT2D eigenvalue weighted by molar-refractivity contribution is 5.93. The van der Waals surface area contributed by atoms with Crippen molar-refractivity contribution in [3.63, 3.8) is 0 Å².